The predicted molar refractivity (Wildman–Crippen MR) is 369 cm³/mol. The number of amides is 3. The number of benzene rings is 6. The Morgan fingerprint density at radius 2 is 0.857 bits per heavy atom. The van der Waals surface area contributed by atoms with Crippen LogP contribution in [0.4, 0.5) is 99.7 Å². The fourth-order valence-corrected chi connectivity index (χ4v) is 9.09. The number of hydrogen-bond acceptors (Lipinski definition) is 22. The molecule has 2 aliphatic heterocycles. The van der Waals surface area contributed by atoms with Gasteiger partial charge in [-0.15, -0.1) is 0 Å². The van der Waals surface area contributed by atoms with Gasteiger partial charge in [-0.25, -0.2) is 28.1 Å². The van der Waals surface area contributed by atoms with Gasteiger partial charge in [0.25, 0.3) is 0 Å². The summed E-state index contributed by atoms with van der Waals surface area (Å²) in [7, 11) is 0. The third-order valence-electron chi connectivity index (χ3n) is 13.4. The Kier molecular flexibility index (Phi) is 25.6. The smallest absolute Gasteiger partial charge is 0.247 e. The van der Waals surface area contributed by atoms with Gasteiger partial charge in [0.15, 0.2) is 34.9 Å². The van der Waals surface area contributed by atoms with Gasteiger partial charge in [-0.3, -0.25) is 14.4 Å². The lowest BCUT2D eigenvalue weighted by Gasteiger charge is -2.15. The molecule has 30 heteroatoms. The van der Waals surface area contributed by atoms with Crippen molar-refractivity contribution in [1.29, 1.82) is 0 Å². The Morgan fingerprint density at radius 3 is 1.20 bits per heavy atom. The third-order valence-corrected chi connectivity index (χ3v) is 14.1. The Labute approximate surface area is 569 Å². The lowest BCUT2D eigenvalue weighted by atomic mass is 10.2. The normalized spacial score (nSPS) is 13.8. The molecule has 3 atom stereocenters. The number of nitrogens with zero attached hydrogens (tertiary/aromatic N) is 6. The van der Waals surface area contributed by atoms with E-state index in [9.17, 15) is 32.7 Å². The maximum atomic E-state index is 14.4. The monoisotopic (exact) mass is 1380 g/mol. The van der Waals surface area contributed by atoms with Crippen molar-refractivity contribution in [2.45, 2.75) is 31.2 Å². The molecule has 11 rings (SSSR count). The molecule has 0 radical (unpaired) electrons. The zero-order valence-electron chi connectivity index (χ0n) is 51.9. The van der Waals surface area contributed by atoms with Crippen LogP contribution in [0.2, 0.25) is 10.0 Å². The lowest BCUT2D eigenvalue weighted by molar-refractivity contribution is -0.112. The van der Waals surface area contributed by atoms with E-state index in [1.165, 1.54) is 0 Å². The van der Waals surface area contributed by atoms with Crippen LogP contribution in [0, 0.1) is 17.5 Å². The summed E-state index contributed by atoms with van der Waals surface area (Å²) in [6, 6.07) is 37.4. The molecule has 2 aliphatic rings. The SMILES string of the molecule is C=CC(=O)Nc1cccc(Nc2nc(Nc3ccc(Cl)c(O[C@@H]4CCOC4)c3)ncc2F)c1.C=CC(=O)Nc1cccc(Nc2nc(Nc3ccc(Cl)c(O[C@H]4CCOC4)c3)ncc2F)c1.C=CC(=O)Nc1cccc(Nc2nc(Nc3cccc(OCC(O)CO)c3)ncc2F)c1. The largest absolute Gasteiger partial charge is 0.491 e. The first kappa shape index (κ1) is 70.9. The number of ether oxygens (including phenoxy) is 5. The average Bonchev–Trinajstić information content (AvgIpc) is 1.05. The number of carbonyl (C=O) groups is 3. The van der Waals surface area contributed by atoms with Crippen molar-refractivity contribution in [1.82, 2.24) is 29.9 Å². The van der Waals surface area contributed by atoms with Gasteiger partial charge >= 0.3 is 0 Å². The number of rotatable bonds is 26. The number of aliphatic hydroxyl groups excluding tert-OH is 2. The van der Waals surface area contributed by atoms with E-state index in [4.69, 9.17) is 52.0 Å². The van der Waals surface area contributed by atoms with E-state index >= 15 is 0 Å². The minimum absolute atomic E-state index is 0.0340. The summed E-state index contributed by atoms with van der Waals surface area (Å²) in [6.45, 7) is 12.1. The minimum Gasteiger partial charge on any atom is -0.491 e. The number of aromatic nitrogens is 6. The molecule has 25 nitrogen and oxygen atoms in total. The maximum Gasteiger partial charge on any atom is 0.247 e. The molecular weight excluding hydrogens is 1310 g/mol. The Balaban J connectivity index is 0.000000172. The highest BCUT2D eigenvalue weighted by molar-refractivity contribution is 6.32. The van der Waals surface area contributed by atoms with E-state index < -0.39 is 30.2 Å². The molecule has 6 aromatic carbocycles. The summed E-state index contributed by atoms with van der Waals surface area (Å²) in [5, 5.41) is 44.8. The summed E-state index contributed by atoms with van der Waals surface area (Å²) >= 11 is 12.5. The molecular formula is C68H64Cl2F3N15O10. The molecule has 0 saturated carbocycles. The summed E-state index contributed by atoms with van der Waals surface area (Å²) in [5.74, 6) is -1.16. The van der Waals surface area contributed by atoms with Gasteiger partial charge in [0, 0.05) is 82.2 Å². The van der Waals surface area contributed by atoms with Crippen molar-refractivity contribution in [3.05, 3.63) is 218 Å². The molecule has 2 saturated heterocycles. The lowest BCUT2D eigenvalue weighted by Crippen LogP contribution is -2.21. The maximum absolute atomic E-state index is 14.4. The summed E-state index contributed by atoms with van der Waals surface area (Å²) in [5.41, 5.74) is 4.96. The standard InChI is InChI=1S/2C23H21ClFN5O3.C22H22FN5O4/c2*1-2-21(31)27-14-4-3-5-15(10-14)28-22-19(25)12-26-23(30-22)29-16-6-7-18(24)20(11-16)33-17-8-9-32-13-17;1-2-20(31)25-14-5-3-6-15(9-14)26-21-19(23)11-24-22(28-21)27-16-7-4-8-18(10-16)32-13-17(30)12-29/h2*2-7,10-12,17H,1,8-9,13H2,(H,27,31)(H2,26,28,29,30);2-11,17,29-30H,1,12-13H2,(H,25,31)(H2,24,26,27,28)/t2*17-;/m10./s1. The van der Waals surface area contributed by atoms with Crippen LogP contribution < -0.4 is 62.1 Å². The van der Waals surface area contributed by atoms with Crippen molar-refractivity contribution in [2.24, 2.45) is 0 Å². The molecule has 2 fully saturated rings. The topological polar surface area (TPSA) is 323 Å². The average molecular weight is 1380 g/mol. The van der Waals surface area contributed by atoms with E-state index in [0.717, 1.165) is 49.7 Å². The van der Waals surface area contributed by atoms with Crippen molar-refractivity contribution < 1.29 is 61.5 Å². The fraction of sp³-hybridized carbons (Fsp3) is 0.162. The highest BCUT2D eigenvalue weighted by Crippen LogP contribution is 2.34. The number of anilines is 15. The van der Waals surface area contributed by atoms with Crippen LogP contribution in [0.3, 0.4) is 0 Å². The van der Waals surface area contributed by atoms with Gasteiger partial charge in [0.1, 0.15) is 42.2 Å². The van der Waals surface area contributed by atoms with Crippen LogP contribution in [0.5, 0.6) is 17.2 Å². The number of hydrogen-bond donors (Lipinski definition) is 11. The van der Waals surface area contributed by atoms with Crippen LogP contribution >= 0.6 is 23.2 Å². The van der Waals surface area contributed by atoms with Gasteiger partial charge in [0.2, 0.25) is 35.6 Å². The van der Waals surface area contributed by atoms with E-state index in [1.54, 1.807) is 133 Å². The van der Waals surface area contributed by atoms with Gasteiger partial charge < -0.3 is 81.7 Å². The summed E-state index contributed by atoms with van der Waals surface area (Å²) in [4.78, 5) is 59.0. The van der Waals surface area contributed by atoms with Gasteiger partial charge in [-0.2, -0.15) is 15.0 Å². The van der Waals surface area contributed by atoms with Crippen molar-refractivity contribution >= 4 is 127 Å². The Hall–Kier alpha value is -11.4. The highest BCUT2D eigenvalue weighted by atomic mass is 35.5. The summed E-state index contributed by atoms with van der Waals surface area (Å²) in [6.07, 6.45) is 7.12. The molecule has 5 heterocycles. The van der Waals surface area contributed by atoms with Crippen LogP contribution in [-0.2, 0) is 23.9 Å². The highest BCUT2D eigenvalue weighted by Gasteiger charge is 2.21. The predicted octanol–water partition coefficient (Wildman–Crippen LogP) is 13.1. The van der Waals surface area contributed by atoms with Crippen LogP contribution in [-0.4, -0.2) is 116 Å². The first-order valence-electron chi connectivity index (χ1n) is 29.9. The molecule has 0 aliphatic carbocycles. The molecule has 98 heavy (non-hydrogen) atoms. The molecule has 11 N–H and O–H groups in total. The zero-order chi connectivity index (χ0) is 69.3. The number of nitrogens with one attached hydrogen (secondary N) is 9. The van der Waals surface area contributed by atoms with Gasteiger partial charge in [-0.1, -0.05) is 67.2 Å². The zero-order valence-corrected chi connectivity index (χ0v) is 53.4. The number of aliphatic hydroxyl groups is 2. The Bertz CT molecular complexity index is 4110. The first-order chi connectivity index (χ1) is 47.5. The molecule has 9 aromatic rings. The second kappa shape index (κ2) is 35.4. The van der Waals surface area contributed by atoms with E-state index in [2.05, 4.69) is 97.5 Å². The van der Waals surface area contributed by atoms with Gasteiger partial charge in [0.05, 0.1) is 61.7 Å². The van der Waals surface area contributed by atoms with Crippen molar-refractivity contribution in [2.75, 3.05) is 87.5 Å². The Morgan fingerprint density at radius 1 is 0.510 bits per heavy atom. The van der Waals surface area contributed by atoms with E-state index in [0.29, 0.717) is 105 Å². The van der Waals surface area contributed by atoms with Crippen molar-refractivity contribution in [3.63, 3.8) is 0 Å². The number of carbonyl (C=O) groups excluding carboxylic acids is 3. The van der Waals surface area contributed by atoms with Gasteiger partial charge in [-0.05, 0) is 109 Å². The van der Waals surface area contributed by atoms with Crippen molar-refractivity contribution in [3.8, 4) is 17.2 Å². The molecule has 0 spiro atoms. The second-order valence-electron chi connectivity index (χ2n) is 20.9. The third kappa shape index (κ3) is 21.8. The quantitative estimate of drug-likeness (QED) is 0.0224. The van der Waals surface area contributed by atoms with Crippen LogP contribution in [0.25, 0.3) is 0 Å². The molecule has 1 unspecified atom stereocenters. The van der Waals surface area contributed by atoms with Crippen LogP contribution in [0.15, 0.2) is 190 Å². The number of halogens is 5. The first-order valence-corrected chi connectivity index (χ1v) is 30.6. The fourth-order valence-electron chi connectivity index (χ4n) is 8.77. The molecule has 3 aromatic heterocycles. The van der Waals surface area contributed by atoms with E-state index in [-0.39, 0.29) is 71.8 Å². The summed E-state index contributed by atoms with van der Waals surface area (Å²) < 4.78 is 70.9. The molecule has 0 bridgehead atoms. The minimum atomic E-state index is -0.982. The van der Waals surface area contributed by atoms with Crippen LogP contribution in [0.1, 0.15) is 12.8 Å². The second-order valence-corrected chi connectivity index (χ2v) is 21.7. The molecule has 3 amide bonds. The molecule has 506 valence electrons. The van der Waals surface area contributed by atoms with E-state index in [1.807, 2.05) is 0 Å².